The van der Waals surface area contributed by atoms with Crippen LogP contribution in [0.5, 0.6) is 0 Å². The Labute approximate surface area is 126 Å². The summed E-state index contributed by atoms with van der Waals surface area (Å²) in [6.07, 6.45) is 0. The molecule has 0 saturated carbocycles. The number of hydrogen-bond acceptors (Lipinski definition) is 2. The van der Waals surface area contributed by atoms with Gasteiger partial charge in [0, 0.05) is 8.95 Å². The van der Waals surface area contributed by atoms with Crippen molar-refractivity contribution < 1.29 is 9.21 Å². The summed E-state index contributed by atoms with van der Waals surface area (Å²) in [6, 6.07) is 6.87. The van der Waals surface area contributed by atoms with Crippen LogP contribution in [-0.4, -0.2) is 5.91 Å². The molecule has 0 bridgehead atoms. The minimum atomic E-state index is -0.354. The molecule has 1 aromatic carbocycles. The van der Waals surface area contributed by atoms with E-state index in [0.717, 1.165) is 14.5 Å². The molecule has 3 nitrogen and oxygen atoms in total. The lowest BCUT2D eigenvalue weighted by Gasteiger charge is -2.09. The molecular weight excluding hydrogens is 385 g/mol. The van der Waals surface area contributed by atoms with Gasteiger partial charge >= 0.3 is 0 Å². The number of furan rings is 1. The smallest absolute Gasteiger partial charge is 0.291 e. The largest absolute Gasteiger partial charge is 0.440 e. The third-order valence-corrected chi connectivity index (χ3v) is 3.68. The highest BCUT2D eigenvalue weighted by molar-refractivity contribution is 9.11. The minimum absolute atomic E-state index is 0.166. The predicted octanol–water partition coefficient (Wildman–Crippen LogP) is 5.02. The summed E-state index contributed by atoms with van der Waals surface area (Å²) >= 11 is 12.4. The van der Waals surface area contributed by atoms with E-state index in [0.29, 0.717) is 5.69 Å². The lowest BCUT2D eigenvalue weighted by molar-refractivity contribution is 0.0996. The van der Waals surface area contributed by atoms with Crippen LogP contribution in [0.3, 0.4) is 0 Å². The molecule has 6 heteroatoms. The van der Waals surface area contributed by atoms with E-state index in [1.54, 1.807) is 0 Å². The highest BCUT2D eigenvalue weighted by Gasteiger charge is 2.14. The van der Waals surface area contributed by atoms with Gasteiger partial charge in [0.05, 0.1) is 5.69 Å². The van der Waals surface area contributed by atoms with E-state index >= 15 is 0 Å². The van der Waals surface area contributed by atoms with Crippen molar-refractivity contribution in [1.29, 1.82) is 0 Å². The third kappa shape index (κ3) is 2.96. The molecule has 0 unspecified atom stereocenters. The van der Waals surface area contributed by atoms with E-state index in [-0.39, 0.29) is 16.9 Å². The number of halogens is 3. The molecule has 18 heavy (non-hydrogen) atoms. The summed E-state index contributed by atoms with van der Waals surface area (Å²) in [5, 5.41) is 2.93. The summed E-state index contributed by atoms with van der Waals surface area (Å²) in [6.45, 7) is 1.97. The standard InChI is InChI=1S/C12H8Br2ClNO2/c1-6-4-7(13)11(8(14)5-6)16-12(17)9-2-3-10(15)18-9/h2-5H,1H3,(H,16,17). The van der Waals surface area contributed by atoms with E-state index in [1.165, 1.54) is 12.1 Å². The summed E-state index contributed by atoms with van der Waals surface area (Å²) in [5.74, 6) is -0.188. The molecule has 0 radical (unpaired) electrons. The Bertz CT molecular complexity index is 587. The van der Waals surface area contributed by atoms with Crippen molar-refractivity contribution in [2.24, 2.45) is 0 Å². The number of hydrogen-bond donors (Lipinski definition) is 1. The van der Waals surface area contributed by atoms with Crippen molar-refractivity contribution in [3.05, 3.63) is 49.8 Å². The van der Waals surface area contributed by atoms with Crippen LogP contribution in [-0.2, 0) is 0 Å². The van der Waals surface area contributed by atoms with Crippen LogP contribution in [0.15, 0.2) is 37.6 Å². The molecule has 0 saturated heterocycles. The molecule has 0 aliphatic heterocycles. The van der Waals surface area contributed by atoms with Crippen molar-refractivity contribution in [3.63, 3.8) is 0 Å². The average molecular weight is 393 g/mol. The molecule has 2 aromatic rings. The highest BCUT2D eigenvalue weighted by atomic mass is 79.9. The fourth-order valence-electron chi connectivity index (χ4n) is 1.43. The molecule has 1 N–H and O–H groups in total. The Hall–Kier alpha value is -0.780. The average Bonchev–Trinajstić information content (AvgIpc) is 2.70. The van der Waals surface area contributed by atoms with E-state index in [2.05, 4.69) is 37.2 Å². The van der Waals surface area contributed by atoms with Crippen LogP contribution in [0.25, 0.3) is 0 Å². The zero-order chi connectivity index (χ0) is 13.3. The highest BCUT2D eigenvalue weighted by Crippen LogP contribution is 2.32. The Morgan fingerprint density at radius 2 is 1.89 bits per heavy atom. The van der Waals surface area contributed by atoms with Crippen LogP contribution in [0.4, 0.5) is 5.69 Å². The fraction of sp³-hybridized carbons (Fsp3) is 0.0833. The molecule has 1 heterocycles. The molecule has 1 aromatic heterocycles. The molecular formula is C12H8Br2ClNO2. The number of amides is 1. The molecule has 0 aliphatic rings. The SMILES string of the molecule is Cc1cc(Br)c(NC(=O)c2ccc(Cl)o2)c(Br)c1. The molecule has 1 amide bonds. The number of aryl methyl sites for hydroxylation is 1. The van der Waals surface area contributed by atoms with Crippen LogP contribution in [0.1, 0.15) is 16.1 Å². The number of anilines is 1. The first-order valence-electron chi connectivity index (χ1n) is 4.99. The van der Waals surface area contributed by atoms with Crippen LogP contribution < -0.4 is 5.32 Å². The lowest BCUT2D eigenvalue weighted by atomic mass is 10.2. The summed E-state index contributed by atoms with van der Waals surface area (Å²) in [5.41, 5.74) is 1.73. The minimum Gasteiger partial charge on any atom is -0.440 e. The monoisotopic (exact) mass is 391 g/mol. The summed E-state index contributed by atoms with van der Waals surface area (Å²) in [4.78, 5) is 11.9. The van der Waals surface area contributed by atoms with Crippen LogP contribution in [0.2, 0.25) is 5.22 Å². The number of carbonyl (C=O) groups is 1. The van der Waals surface area contributed by atoms with Gasteiger partial charge in [-0.1, -0.05) is 0 Å². The zero-order valence-electron chi connectivity index (χ0n) is 9.26. The zero-order valence-corrected chi connectivity index (χ0v) is 13.2. The number of benzene rings is 1. The Kier molecular flexibility index (Phi) is 4.14. The van der Waals surface area contributed by atoms with Gasteiger partial charge in [0.2, 0.25) is 0 Å². The van der Waals surface area contributed by atoms with Gasteiger partial charge in [0.1, 0.15) is 0 Å². The second kappa shape index (κ2) is 5.47. The fourth-order valence-corrected chi connectivity index (χ4v) is 3.19. The maximum Gasteiger partial charge on any atom is 0.291 e. The van der Waals surface area contributed by atoms with E-state index in [4.69, 9.17) is 16.0 Å². The molecule has 0 aliphatic carbocycles. The normalized spacial score (nSPS) is 10.4. The third-order valence-electron chi connectivity index (χ3n) is 2.22. The van der Waals surface area contributed by atoms with Gasteiger partial charge in [-0.2, -0.15) is 0 Å². The van der Waals surface area contributed by atoms with Gasteiger partial charge in [-0.15, -0.1) is 0 Å². The maximum atomic E-state index is 11.9. The molecule has 0 spiro atoms. The Balaban J connectivity index is 2.27. The molecule has 94 valence electrons. The first-order chi connectivity index (χ1) is 8.47. The van der Waals surface area contributed by atoms with E-state index < -0.39 is 0 Å². The van der Waals surface area contributed by atoms with Crippen molar-refractivity contribution in [2.75, 3.05) is 5.32 Å². The Morgan fingerprint density at radius 3 is 2.39 bits per heavy atom. The number of rotatable bonds is 2. The van der Waals surface area contributed by atoms with Gasteiger partial charge in [0.25, 0.3) is 5.91 Å². The second-order valence-electron chi connectivity index (χ2n) is 3.66. The Morgan fingerprint density at radius 1 is 1.28 bits per heavy atom. The first-order valence-corrected chi connectivity index (χ1v) is 6.96. The number of carbonyl (C=O) groups excluding carboxylic acids is 1. The van der Waals surface area contributed by atoms with Gasteiger partial charge in [-0.3, -0.25) is 4.79 Å². The first kappa shape index (κ1) is 13.6. The quantitative estimate of drug-likeness (QED) is 0.779. The summed E-state index contributed by atoms with van der Waals surface area (Å²) < 4.78 is 6.63. The van der Waals surface area contributed by atoms with Gasteiger partial charge in [-0.05, 0) is 80.2 Å². The predicted molar refractivity (Wildman–Crippen MR) is 78.3 cm³/mol. The van der Waals surface area contributed by atoms with Crippen LogP contribution >= 0.6 is 43.5 Å². The maximum absolute atomic E-state index is 11.9. The van der Waals surface area contributed by atoms with Crippen molar-refractivity contribution in [1.82, 2.24) is 0 Å². The van der Waals surface area contributed by atoms with Crippen molar-refractivity contribution in [3.8, 4) is 0 Å². The molecule has 2 rings (SSSR count). The second-order valence-corrected chi connectivity index (χ2v) is 5.74. The lowest BCUT2D eigenvalue weighted by Crippen LogP contribution is -2.11. The van der Waals surface area contributed by atoms with Crippen molar-refractivity contribution in [2.45, 2.75) is 6.92 Å². The topological polar surface area (TPSA) is 42.2 Å². The van der Waals surface area contributed by atoms with Gasteiger partial charge in [-0.25, -0.2) is 0 Å². The van der Waals surface area contributed by atoms with Crippen LogP contribution in [0, 0.1) is 6.92 Å². The van der Waals surface area contributed by atoms with Crippen molar-refractivity contribution >= 4 is 55.1 Å². The summed E-state index contributed by atoms with van der Waals surface area (Å²) in [7, 11) is 0. The van der Waals surface area contributed by atoms with Gasteiger partial charge < -0.3 is 9.73 Å². The van der Waals surface area contributed by atoms with E-state index in [1.807, 2.05) is 19.1 Å². The molecule has 0 atom stereocenters. The molecule has 0 fully saturated rings. The number of nitrogens with one attached hydrogen (secondary N) is 1. The van der Waals surface area contributed by atoms with E-state index in [9.17, 15) is 4.79 Å². The van der Waals surface area contributed by atoms with Gasteiger partial charge in [0.15, 0.2) is 11.0 Å².